The monoisotopic (exact) mass is 420 g/mol. The molecule has 0 fully saturated rings. The summed E-state index contributed by atoms with van der Waals surface area (Å²) in [6.07, 6.45) is 1.69. The number of benzene rings is 3. The molecule has 0 aliphatic heterocycles. The fourth-order valence-electron chi connectivity index (χ4n) is 3.29. The summed E-state index contributed by atoms with van der Waals surface area (Å²) in [6.45, 7) is 0. The van der Waals surface area contributed by atoms with Crippen LogP contribution in [-0.4, -0.2) is 18.6 Å². The molecule has 5 rings (SSSR count). The third-order valence-corrected chi connectivity index (χ3v) is 7.23. The van der Waals surface area contributed by atoms with Gasteiger partial charge in [0.05, 0.1) is 22.3 Å². The number of hydrogen-bond acceptors (Lipinski definition) is 5. The summed E-state index contributed by atoms with van der Waals surface area (Å²) < 4.78 is 29.5. The summed E-state index contributed by atoms with van der Waals surface area (Å²) in [5.41, 5.74) is 8.42. The van der Waals surface area contributed by atoms with Crippen LogP contribution in [0.1, 0.15) is 0 Å². The fraction of sp³-hybridized carbons (Fsp3) is 0. The lowest BCUT2D eigenvalue weighted by atomic mass is 10.1. The van der Waals surface area contributed by atoms with Gasteiger partial charge < -0.3 is 5.73 Å². The molecule has 0 aliphatic rings. The molecule has 5 aromatic rings. The van der Waals surface area contributed by atoms with E-state index in [1.807, 2.05) is 18.2 Å². The van der Waals surface area contributed by atoms with E-state index >= 15 is 0 Å². The Labute approximate surface area is 171 Å². The number of aromatic amines is 1. The maximum atomic E-state index is 12.8. The van der Waals surface area contributed by atoms with Crippen LogP contribution in [0.25, 0.3) is 31.4 Å². The van der Waals surface area contributed by atoms with Crippen LogP contribution in [0.2, 0.25) is 0 Å². The predicted octanol–water partition coefficient (Wildman–Crippen LogP) is 4.83. The first-order valence-corrected chi connectivity index (χ1v) is 11.1. The van der Waals surface area contributed by atoms with Crippen LogP contribution in [0.3, 0.4) is 0 Å². The van der Waals surface area contributed by atoms with E-state index < -0.39 is 10.0 Å². The number of rotatable bonds is 4. The normalized spacial score (nSPS) is 11.9. The largest absolute Gasteiger partial charge is 0.399 e. The van der Waals surface area contributed by atoms with Gasteiger partial charge in [0.1, 0.15) is 0 Å². The van der Waals surface area contributed by atoms with Crippen molar-refractivity contribution in [3.8, 4) is 10.4 Å². The molecule has 0 spiro atoms. The van der Waals surface area contributed by atoms with Crippen molar-refractivity contribution in [3.63, 3.8) is 0 Å². The Balaban J connectivity index is 1.61. The van der Waals surface area contributed by atoms with Crippen LogP contribution in [0.4, 0.5) is 11.4 Å². The lowest BCUT2D eigenvalue weighted by Gasteiger charge is -2.10. The van der Waals surface area contributed by atoms with Gasteiger partial charge in [0.25, 0.3) is 10.0 Å². The number of nitrogens with zero attached hydrogens (tertiary/aromatic N) is 1. The number of thiophene rings is 1. The number of H-pyrrole nitrogens is 1. The van der Waals surface area contributed by atoms with Crippen molar-refractivity contribution in [2.75, 3.05) is 10.5 Å². The Morgan fingerprint density at radius 1 is 0.966 bits per heavy atom. The Hall–Kier alpha value is -3.36. The average molecular weight is 421 g/mol. The van der Waals surface area contributed by atoms with Crippen LogP contribution in [0.15, 0.2) is 77.8 Å². The molecule has 144 valence electrons. The van der Waals surface area contributed by atoms with Crippen LogP contribution >= 0.6 is 11.3 Å². The summed E-state index contributed by atoms with van der Waals surface area (Å²) in [5.74, 6) is 0. The molecule has 0 saturated carbocycles. The highest BCUT2D eigenvalue weighted by atomic mass is 32.2. The number of hydrogen-bond donors (Lipinski definition) is 3. The number of nitrogens with one attached hydrogen (secondary N) is 2. The number of aromatic nitrogens is 2. The lowest BCUT2D eigenvalue weighted by Crippen LogP contribution is -2.13. The van der Waals surface area contributed by atoms with Gasteiger partial charge >= 0.3 is 0 Å². The van der Waals surface area contributed by atoms with Crippen molar-refractivity contribution in [1.82, 2.24) is 10.2 Å². The molecule has 2 heterocycles. The molecule has 8 heteroatoms. The molecular weight excluding hydrogens is 404 g/mol. The minimum atomic E-state index is -3.74. The van der Waals surface area contributed by atoms with Crippen LogP contribution in [0, 0.1) is 0 Å². The number of nitrogens with two attached hydrogens (primary N) is 1. The van der Waals surface area contributed by atoms with Gasteiger partial charge in [-0.25, -0.2) is 8.42 Å². The van der Waals surface area contributed by atoms with E-state index in [1.54, 1.807) is 35.7 Å². The summed E-state index contributed by atoms with van der Waals surface area (Å²) in [7, 11) is -3.74. The summed E-state index contributed by atoms with van der Waals surface area (Å²) in [6, 6.07) is 20.0. The Bertz CT molecular complexity index is 1420. The predicted molar refractivity (Wildman–Crippen MR) is 119 cm³/mol. The van der Waals surface area contributed by atoms with Crippen LogP contribution < -0.4 is 10.5 Å². The van der Waals surface area contributed by atoms with E-state index in [0.717, 1.165) is 26.7 Å². The number of anilines is 2. The zero-order valence-electron chi connectivity index (χ0n) is 15.1. The quantitative estimate of drug-likeness (QED) is 0.363. The second-order valence-corrected chi connectivity index (χ2v) is 9.45. The molecule has 0 amide bonds. The first-order chi connectivity index (χ1) is 14.0. The molecule has 6 nitrogen and oxygen atoms in total. The van der Waals surface area contributed by atoms with E-state index in [4.69, 9.17) is 5.73 Å². The van der Waals surface area contributed by atoms with Crippen molar-refractivity contribution >= 4 is 53.7 Å². The third-order valence-electron chi connectivity index (χ3n) is 4.68. The van der Waals surface area contributed by atoms with E-state index in [9.17, 15) is 8.42 Å². The Kier molecular flexibility index (Phi) is 4.04. The summed E-state index contributed by atoms with van der Waals surface area (Å²) in [5, 5.41) is 9.13. The lowest BCUT2D eigenvalue weighted by molar-refractivity contribution is 0.601. The minimum Gasteiger partial charge on any atom is -0.399 e. The maximum absolute atomic E-state index is 12.8. The molecule has 29 heavy (non-hydrogen) atoms. The first-order valence-electron chi connectivity index (χ1n) is 8.84. The molecule has 0 bridgehead atoms. The molecular formula is C21H16N4O2S2. The smallest absolute Gasteiger partial charge is 0.261 e. The zero-order valence-corrected chi connectivity index (χ0v) is 16.7. The van der Waals surface area contributed by atoms with Gasteiger partial charge in [0, 0.05) is 26.2 Å². The molecule has 4 N–H and O–H groups in total. The van der Waals surface area contributed by atoms with Gasteiger partial charge in [0.15, 0.2) is 0 Å². The SMILES string of the molecule is Nc1ccc(S(=O)(=O)Nc2cc(-c3cc4ccccc4s3)c3[nH]ncc3c2)cc1. The number of fused-ring (bicyclic) bond motifs is 2. The maximum Gasteiger partial charge on any atom is 0.261 e. The first kappa shape index (κ1) is 17.7. The molecule has 0 aliphatic carbocycles. The highest BCUT2D eigenvalue weighted by Gasteiger charge is 2.17. The molecule has 0 radical (unpaired) electrons. The van der Waals surface area contributed by atoms with E-state index in [0.29, 0.717) is 11.4 Å². The van der Waals surface area contributed by atoms with Crippen LogP contribution in [-0.2, 0) is 10.0 Å². The van der Waals surface area contributed by atoms with Crippen molar-refractivity contribution in [2.45, 2.75) is 4.90 Å². The highest BCUT2D eigenvalue weighted by molar-refractivity contribution is 7.92. The van der Waals surface area contributed by atoms with Crippen molar-refractivity contribution in [1.29, 1.82) is 0 Å². The standard InChI is InChI=1S/C21H16N4O2S2/c22-15-5-7-17(8-6-15)29(26,27)25-16-9-14-12-23-24-21(14)18(11-16)20-10-13-3-1-2-4-19(13)28-20/h1-12,25H,22H2,(H,23,24). The van der Waals surface area contributed by atoms with Crippen molar-refractivity contribution < 1.29 is 8.42 Å². The van der Waals surface area contributed by atoms with Gasteiger partial charge in [-0.15, -0.1) is 11.3 Å². The highest BCUT2D eigenvalue weighted by Crippen LogP contribution is 2.38. The molecule has 0 atom stereocenters. The van der Waals surface area contributed by atoms with Gasteiger partial charge in [0.2, 0.25) is 0 Å². The Morgan fingerprint density at radius 2 is 1.76 bits per heavy atom. The molecule has 0 saturated heterocycles. The Morgan fingerprint density at radius 3 is 2.55 bits per heavy atom. The number of sulfonamides is 1. The summed E-state index contributed by atoms with van der Waals surface area (Å²) >= 11 is 1.65. The molecule has 0 unspecified atom stereocenters. The third kappa shape index (κ3) is 3.22. The van der Waals surface area contributed by atoms with Crippen molar-refractivity contribution in [2.24, 2.45) is 0 Å². The van der Waals surface area contributed by atoms with E-state index in [2.05, 4.69) is 33.1 Å². The minimum absolute atomic E-state index is 0.155. The second-order valence-electron chi connectivity index (χ2n) is 6.68. The van der Waals surface area contributed by atoms with E-state index in [1.165, 1.54) is 16.8 Å². The van der Waals surface area contributed by atoms with E-state index in [-0.39, 0.29) is 4.90 Å². The van der Waals surface area contributed by atoms with Gasteiger partial charge in [-0.2, -0.15) is 5.10 Å². The summed E-state index contributed by atoms with van der Waals surface area (Å²) in [4.78, 5) is 1.19. The topological polar surface area (TPSA) is 101 Å². The fourth-order valence-corrected chi connectivity index (χ4v) is 5.41. The number of nitrogen functional groups attached to an aromatic ring is 1. The van der Waals surface area contributed by atoms with Crippen LogP contribution in [0.5, 0.6) is 0 Å². The second kappa shape index (κ2) is 6.61. The van der Waals surface area contributed by atoms with Gasteiger partial charge in [-0.05, 0) is 53.9 Å². The molecule has 2 aromatic heterocycles. The van der Waals surface area contributed by atoms with Gasteiger partial charge in [-0.3, -0.25) is 9.82 Å². The van der Waals surface area contributed by atoms with Gasteiger partial charge in [-0.1, -0.05) is 18.2 Å². The van der Waals surface area contributed by atoms with Crippen molar-refractivity contribution in [3.05, 3.63) is 72.9 Å². The average Bonchev–Trinajstić information content (AvgIpc) is 3.34. The zero-order chi connectivity index (χ0) is 20.0. The molecule has 3 aromatic carbocycles.